The van der Waals surface area contributed by atoms with E-state index in [2.05, 4.69) is 223 Å². The van der Waals surface area contributed by atoms with Crippen molar-refractivity contribution < 1.29 is 4.42 Å². The molecule has 2 heteroatoms. The fourth-order valence-electron chi connectivity index (χ4n) is 8.84. The minimum atomic E-state index is 0.886. The number of fused-ring (bicyclic) bond motifs is 5. The monoisotopic (exact) mass is 739 g/mol. The van der Waals surface area contributed by atoms with E-state index in [4.69, 9.17) is 4.42 Å². The van der Waals surface area contributed by atoms with E-state index in [1.54, 1.807) is 0 Å². The smallest absolute Gasteiger partial charge is 0.143 e. The number of hydrogen-bond donors (Lipinski definition) is 0. The van der Waals surface area contributed by atoms with Gasteiger partial charge in [-0.3, -0.25) is 0 Å². The van der Waals surface area contributed by atoms with Crippen molar-refractivity contribution in [2.45, 2.75) is 0 Å². The zero-order valence-electron chi connectivity index (χ0n) is 31.7. The van der Waals surface area contributed by atoms with Gasteiger partial charge in [-0.05, 0) is 79.7 Å². The number of furan rings is 1. The van der Waals surface area contributed by atoms with Crippen molar-refractivity contribution in [3.63, 3.8) is 0 Å². The van der Waals surface area contributed by atoms with E-state index in [1.165, 1.54) is 49.4 Å². The van der Waals surface area contributed by atoms with Gasteiger partial charge in [0.2, 0.25) is 0 Å². The molecular formula is C56H37NO. The van der Waals surface area contributed by atoms with Crippen molar-refractivity contribution in [2.75, 3.05) is 4.90 Å². The Kier molecular flexibility index (Phi) is 8.19. The largest absolute Gasteiger partial charge is 0.455 e. The highest BCUT2D eigenvalue weighted by Gasteiger charge is 2.23. The van der Waals surface area contributed by atoms with Gasteiger partial charge >= 0.3 is 0 Å². The van der Waals surface area contributed by atoms with Crippen LogP contribution in [-0.4, -0.2) is 0 Å². The highest BCUT2D eigenvalue weighted by Crippen LogP contribution is 2.48. The van der Waals surface area contributed by atoms with Crippen LogP contribution in [0.5, 0.6) is 0 Å². The van der Waals surface area contributed by atoms with Crippen molar-refractivity contribution >= 4 is 60.5 Å². The first-order valence-electron chi connectivity index (χ1n) is 19.8. The summed E-state index contributed by atoms with van der Waals surface area (Å²) in [7, 11) is 0. The molecule has 0 saturated heterocycles. The lowest BCUT2D eigenvalue weighted by Crippen LogP contribution is -2.12. The summed E-state index contributed by atoms with van der Waals surface area (Å²) in [6.07, 6.45) is 0. The van der Waals surface area contributed by atoms with Crippen molar-refractivity contribution in [3.05, 3.63) is 224 Å². The minimum Gasteiger partial charge on any atom is -0.455 e. The Morgan fingerprint density at radius 1 is 0.276 bits per heavy atom. The molecule has 0 unspecified atom stereocenters. The fourth-order valence-corrected chi connectivity index (χ4v) is 8.84. The van der Waals surface area contributed by atoms with Crippen LogP contribution in [0.1, 0.15) is 0 Å². The molecule has 0 aliphatic carbocycles. The van der Waals surface area contributed by atoms with Crippen LogP contribution in [0.3, 0.4) is 0 Å². The molecule has 0 radical (unpaired) electrons. The Morgan fingerprint density at radius 2 is 0.707 bits per heavy atom. The van der Waals surface area contributed by atoms with Gasteiger partial charge in [0.25, 0.3) is 0 Å². The van der Waals surface area contributed by atoms with Gasteiger partial charge in [-0.25, -0.2) is 0 Å². The van der Waals surface area contributed by atoms with Gasteiger partial charge in [-0.1, -0.05) is 194 Å². The van der Waals surface area contributed by atoms with Crippen molar-refractivity contribution in [1.29, 1.82) is 0 Å². The number of hydrogen-bond acceptors (Lipinski definition) is 2. The molecule has 2 nitrogen and oxygen atoms in total. The predicted octanol–water partition coefficient (Wildman–Crippen LogP) is 16.0. The minimum absolute atomic E-state index is 0.886. The van der Waals surface area contributed by atoms with E-state index in [-0.39, 0.29) is 0 Å². The second-order valence-electron chi connectivity index (χ2n) is 14.8. The first-order chi connectivity index (χ1) is 28.8. The summed E-state index contributed by atoms with van der Waals surface area (Å²) in [5.41, 5.74) is 14.2. The van der Waals surface area contributed by atoms with Crippen molar-refractivity contribution in [3.8, 4) is 44.5 Å². The number of anilines is 3. The van der Waals surface area contributed by atoms with Crippen LogP contribution >= 0.6 is 0 Å². The fraction of sp³-hybridized carbons (Fsp3) is 0. The van der Waals surface area contributed by atoms with Gasteiger partial charge in [0.15, 0.2) is 0 Å². The normalized spacial score (nSPS) is 11.4. The molecule has 1 heterocycles. The predicted molar refractivity (Wildman–Crippen MR) is 245 cm³/mol. The van der Waals surface area contributed by atoms with Crippen LogP contribution in [0.15, 0.2) is 229 Å². The highest BCUT2D eigenvalue weighted by atomic mass is 16.3. The zero-order valence-corrected chi connectivity index (χ0v) is 31.7. The topological polar surface area (TPSA) is 16.4 Å². The molecule has 1 aromatic heterocycles. The summed E-state index contributed by atoms with van der Waals surface area (Å²) < 4.78 is 6.66. The summed E-state index contributed by atoms with van der Waals surface area (Å²) in [5, 5.41) is 7.17. The first kappa shape index (κ1) is 33.6. The third-order valence-electron chi connectivity index (χ3n) is 11.5. The van der Waals surface area contributed by atoms with Crippen LogP contribution in [0.4, 0.5) is 17.1 Å². The molecule has 10 aromatic carbocycles. The molecule has 0 atom stereocenters. The molecule has 0 bridgehead atoms. The summed E-state index contributed by atoms with van der Waals surface area (Å²) in [5.74, 6) is 0. The average molecular weight is 740 g/mol. The van der Waals surface area contributed by atoms with Gasteiger partial charge in [0.1, 0.15) is 11.2 Å². The van der Waals surface area contributed by atoms with Gasteiger partial charge in [-0.2, -0.15) is 0 Å². The van der Waals surface area contributed by atoms with E-state index < -0.39 is 0 Å². The summed E-state index contributed by atoms with van der Waals surface area (Å²) >= 11 is 0. The third kappa shape index (κ3) is 5.66. The molecule has 0 amide bonds. The molecule has 272 valence electrons. The van der Waals surface area contributed by atoms with E-state index in [0.717, 1.165) is 55.7 Å². The van der Waals surface area contributed by atoms with Crippen LogP contribution in [-0.2, 0) is 0 Å². The second kappa shape index (κ2) is 14.1. The molecule has 0 aliphatic heterocycles. The Labute approximate surface area is 337 Å². The summed E-state index contributed by atoms with van der Waals surface area (Å²) in [4.78, 5) is 2.43. The van der Waals surface area contributed by atoms with E-state index in [9.17, 15) is 0 Å². The molecule has 11 aromatic rings. The number of nitrogens with zero attached hydrogens (tertiary/aromatic N) is 1. The molecule has 0 N–H and O–H groups in total. The Balaban J connectivity index is 1.15. The third-order valence-corrected chi connectivity index (χ3v) is 11.5. The van der Waals surface area contributed by atoms with Crippen LogP contribution in [0.2, 0.25) is 0 Å². The maximum atomic E-state index is 6.66. The zero-order chi connectivity index (χ0) is 38.4. The van der Waals surface area contributed by atoms with Crippen molar-refractivity contribution in [1.82, 2.24) is 0 Å². The van der Waals surface area contributed by atoms with Gasteiger partial charge in [-0.15, -0.1) is 0 Å². The number of rotatable bonds is 7. The van der Waals surface area contributed by atoms with Crippen LogP contribution in [0.25, 0.3) is 88.0 Å². The maximum absolute atomic E-state index is 6.66. The van der Waals surface area contributed by atoms with Gasteiger partial charge in [0.05, 0.1) is 11.4 Å². The standard InChI is InChI=1S/C56H37NO/c1-3-20-42-38(16-1)18-13-27-43(42)40-34-36-41(37-35-40)57(54-32-11-8-25-49(54)51-29-15-30-52-50-26-9-12-33-55(50)58-56(51)52)53-31-10-7-24-48(53)47-23-6-5-22-46(47)45-28-14-19-39-17-2-4-21-44(39)45/h1-37H. The number of para-hydroxylation sites is 4. The highest BCUT2D eigenvalue weighted by molar-refractivity contribution is 6.11. The van der Waals surface area contributed by atoms with Gasteiger partial charge in [0, 0.05) is 33.2 Å². The molecule has 0 spiro atoms. The Hall–Kier alpha value is -7.68. The molecular weight excluding hydrogens is 703 g/mol. The molecule has 0 saturated carbocycles. The Morgan fingerprint density at radius 3 is 1.40 bits per heavy atom. The second-order valence-corrected chi connectivity index (χ2v) is 14.8. The summed E-state index contributed by atoms with van der Waals surface area (Å²) in [6, 6.07) is 80.7. The molecule has 0 fully saturated rings. The van der Waals surface area contributed by atoms with Gasteiger partial charge < -0.3 is 9.32 Å². The molecule has 11 rings (SSSR count). The quantitative estimate of drug-likeness (QED) is 0.162. The van der Waals surface area contributed by atoms with E-state index in [0.29, 0.717) is 0 Å². The number of benzene rings is 10. The average Bonchev–Trinajstić information content (AvgIpc) is 3.69. The Bertz CT molecular complexity index is 3290. The van der Waals surface area contributed by atoms with Crippen LogP contribution < -0.4 is 4.90 Å². The van der Waals surface area contributed by atoms with Crippen LogP contribution in [0, 0.1) is 0 Å². The molecule has 0 aliphatic rings. The lowest BCUT2D eigenvalue weighted by atomic mass is 9.90. The van der Waals surface area contributed by atoms with E-state index >= 15 is 0 Å². The SMILES string of the molecule is c1ccc(-c2cccc3ccccc23)c(-c2ccccc2N(c2ccc(-c3cccc4ccccc34)cc2)c2ccccc2-c2cccc3c2oc2ccccc23)c1. The van der Waals surface area contributed by atoms with E-state index in [1.807, 2.05) is 6.07 Å². The summed E-state index contributed by atoms with van der Waals surface area (Å²) in [6.45, 7) is 0. The molecule has 58 heavy (non-hydrogen) atoms. The first-order valence-corrected chi connectivity index (χ1v) is 19.8. The lowest BCUT2D eigenvalue weighted by molar-refractivity contribution is 0.670. The lowest BCUT2D eigenvalue weighted by Gasteiger charge is -2.30. The maximum Gasteiger partial charge on any atom is 0.143 e. The van der Waals surface area contributed by atoms with Crippen molar-refractivity contribution in [2.24, 2.45) is 0 Å².